The molecule has 25 heavy (non-hydrogen) atoms. The highest BCUT2D eigenvalue weighted by molar-refractivity contribution is 6.30. The predicted molar refractivity (Wildman–Crippen MR) is 96.8 cm³/mol. The molecular formula is C19H15ClN2O3. The van der Waals surface area contributed by atoms with E-state index >= 15 is 0 Å². The molecule has 0 bridgehead atoms. The van der Waals surface area contributed by atoms with Crippen LogP contribution in [0.3, 0.4) is 0 Å². The number of nitrogens with one attached hydrogen (secondary N) is 1. The molecule has 0 aliphatic carbocycles. The molecule has 0 spiro atoms. The van der Waals surface area contributed by atoms with Crippen molar-refractivity contribution >= 4 is 23.2 Å². The summed E-state index contributed by atoms with van der Waals surface area (Å²) in [6.07, 6.45) is 1.47. The lowest BCUT2D eigenvalue weighted by Crippen LogP contribution is -2.32. The standard InChI is InChI=1S/C19H15ClN2O3/c20-15-10-8-14(9-11-15)13-25-22-12-4-7-17(19(22)24)18(23)21-16-5-2-1-3-6-16/h1-12H,13H2,(H,21,23). The molecule has 0 atom stereocenters. The average molecular weight is 355 g/mol. The Bertz CT molecular complexity index is 921. The van der Waals surface area contributed by atoms with E-state index < -0.39 is 11.5 Å². The number of aromatic nitrogens is 1. The maximum Gasteiger partial charge on any atom is 0.295 e. The van der Waals surface area contributed by atoms with Gasteiger partial charge in [-0.1, -0.05) is 41.9 Å². The van der Waals surface area contributed by atoms with E-state index in [1.807, 2.05) is 6.07 Å². The van der Waals surface area contributed by atoms with Crippen LogP contribution >= 0.6 is 11.6 Å². The van der Waals surface area contributed by atoms with Gasteiger partial charge in [0.2, 0.25) is 0 Å². The lowest BCUT2D eigenvalue weighted by Gasteiger charge is -2.10. The summed E-state index contributed by atoms with van der Waals surface area (Å²) in [6.45, 7) is 0.181. The van der Waals surface area contributed by atoms with Crippen LogP contribution in [0.2, 0.25) is 5.02 Å². The lowest BCUT2D eigenvalue weighted by molar-refractivity contribution is 0.0863. The molecule has 0 radical (unpaired) electrons. The van der Waals surface area contributed by atoms with E-state index in [4.69, 9.17) is 16.4 Å². The van der Waals surface area contributed by atoms with Crippen molar-refractivity contribution < 1.29 is 9.63 Å². The van der Waals surface area contributed by atoms with E-state index in [0.717, 1.165) is 10.3 Å². The molecule has 1 aromatic heterocycles. The van der Waals surface area contributed by atoms with Crippen molar-refractivity contribution in [2.24, 2.45) is 0 Å². The Hall–Kier alpha value is -3.05. The zero-order chi connectivity index (χ0) is 17.6. The predicted octanol–water partition coefficient (Wildman–Crippen LogP) is 3.38. The number of hydrogen-bond acceptors (Lipinski definition) is 3. The zero-order valence-electron chi connectivity index (χ0n) is 13.2. The summed E-state index contributed by atoms with van der Waals surface area (Å²) in [5.41, 5.74) is 0.951. The van der Waals surface area contributed by atoms with Crippen LogP contribution in [-0.4, -0.2) is 10.6 Å². The molecule has 2 aromatic carbocycles. The highest BCUT2D eigenvalue weighted by Crippen LogP contribution is 2.10. The molecule has 1 amide bonds. The number of amides is 1. The summed E-state index contributed by atoms with van der Waals surface area (Å²) in [6, 6.07) is 19.1. The van der Waals surface area contributed by atoms with Gasteiger partial charge < -0.3 is 10.2 Å². The van der Waals surface area contributed by atoms with Gasteiger partial charge in [-0.25, -0.2) is 0 Å². The van der Waals surface area contributed by atoms with Gasteiger partial charge >= 0.3 is 0 Å². The van der Waals surface area contributed by atoms with Crippen LogP contribution in [0.4, 0.5) is 5.69 Å². The smallest absolute Gasteiger partial charge is 0.295 e. The molecule has 0 fully saturated rings. The average Bonchev–Trinajstić information content (AvgIpc) is 2.63. The minimum atomic E-state index is -0.523. The van der Waals surface area contributed by atoms with Crippen LogP contribution in [0.5, 0.6) is 0 Å². The molecule has 0 saturated heterocycles. The van der Waals surface area contributed by atoms with Crippen molar-refractivity contribution in [1.82, 2.24) is 4.73 Å². The van der Waals surface area contributed by atoms with Crippen LogP contribution < -0.4 is 15.7 Å². The first-order chi connectivity index (χ1) is 12.1. The van der Waals surface area contributed by atoms with Crippen molar-refractivity contribution in [2.75, 3.05) is 5.32 Å². The molecule has 1 N–H and O–H groups in total. The Kier molecular flexibility index (Phi) is 5.16. The SMILES string of the molecule is O=C(Nc1ccccc1)c1cccn(OCc2ccc(Cl)cc2)c1=O. The van der Waals surface area contributed by atoms with E-state index in [0.29, 0.717) is 10.7 Å². The number of pyridine rings is 1. The number of hydrogen-bond donors (Lipinski definition) is 1. The van der Waals surface area contributed by atoms with Gasteiger partial charge in [-0.2, -0.15) is 4.73 Å². The third-order valence-corrected chi connectivity index (χ3v) is 3.73. The molecule has 3 aromatic rings. The summed E-state index contributed by atoms with van der Waals surface area (Å²) in [5.74, 6) is -0.486. The highest BCUT2D eigenvalue weighted by atomic mass is 35.5. The molecule has 0 aliphatic heterocycles. The third kappa shape index (κ3) is 4.28. The normalized spacial score (nSPS) is 10.3. The summed E-state index contributed by atoms with van der Waals surface area (Å²) in [5, 5.41) is 3.31. The Morgan fingerprint density at radius 3 is 2.44 bits per heavy atom. The van der Waals surface area contributed by atoms with Crippen molar-refractivity contribution in [3.05, 3.63) is 99.4 Å². The van der Waals surface area contributed by atoms with Gasteiger partial charge in [-0.15, -0.1) is 0 Å². The highest BCUT2D eigenvalue weighted by Gasteiger charge is 2.13. The van der Waals surface area contributed by atoms with Gasteiger partial charge in [0.15, 0.2) is 0 Å². The Morgan fingerprint density at radius 1 is 1.00 bits per heavy atom. The fraction of sp³-hybridized carbons (Fsp3) is 0.0526. The van der Waals surface area contributed by atoms with Crippen LogP contribution in [0.15, 0.2) is 77.7 Å². The number of halogens is 1. The number of rotatable bonds is 5. The van der Waals surface area contributed by atoms with E-state index in [2.05, 4.69) is 5.32 Å². The summed E-state index contributed by atoms with van der Waals surface area (Å²) in [7, 11) is 0. The van der Waals surface area contributed by atoms with Crippen LogP contribution in [0.25, 0.3) is 0 Å². The van der Waals surface area contributed by atoms with Gasteiger partial charge in [0.05, 0.1) is 0 Å². The second kappa shape index (κ2) is 7.68. The van der Waals surface area contributed by atoms with Crippen LogP contribution in [0.1, 0.15) is 15.9 Å². The molecule has 5 nitrogen and oxygen atoms in total. The molecule has 126 valence electrons. The monoisotopic (exact) mass is 354 g/mol. The Morgan fingerprint density at radius 2 is 1.72 bits per heavy atom. The maximum atomic E-state index is 12.4. The van der Waals surface area contributed by atoms with Crippen LogP contribution in [-0.2, 0) is 6.61 Å². The largest absolute Gasteiger partial charge is 0.406 e. The second-order valence-electron chi connectivity index (χ2n) is 5.27. The Balaban J connectivity index is 1.74. The van der Waals surface area contributed by atoms with Crippen molar-refractivity contribution in [3.63, 3.8) is 0 Å². The van der Waals surface area contributed by atoms with E-state index in [1.54, 1.807) is 54.6 Å². The number of nitrogens with zero attached hydrogens (tertiary/aromatic N) is 1. The van der Waals surface area contributed by atoms with Gasteiger partial charge in [-0.3, -0.25) is 9.59 Å². The van der Waals surface area contributed by atoms with Gasteiger partial charge in [0.1, 0.15) is 12.2 Å². The summed E-state index contributed by atoms with van der Waals surface area (Å²) in [4.78, 5) is 30.2. The number of benzene rings is 2. The van der Waals surface area contributed by atoms with E-state index in [-0.39, 0.29) is 12.2 Å². The number of para-hydroxylation sites is 1. The number of carbonyl (C=O) groups is 1. The third-order valence-electron chi connectivity index (χ3n) is 3.47. The minimum Gasteiger partial charge on any atom is -0.406 e. The van der Waals surface area contributed by atoms with Gasteiger partial charge in [0, 0.05) is 16.9 Å². The van der Waals surface area contributed by atoms with Gasteiger partial charge in [-0.05, 0) is 42.0 Å². The topological polar surface area (TPSA) is 60.3 Å². The molecule has 1 heterocycles. The van der Waals surface area contributed by atoms with Gasteiger partial charge in [0.25, 0.3) is 11.5 Å². The minimum absolute atomic E-state index is 0.00228. The molecule has 3 rings (SSSR count). The van der Waals surface area contributed by atoms with Crippen LogP contribution in [0, 0.1) is 0 Å². The fourth-order valence-corrected chi connectivity index (χ4v) is 2.32. The fourth-order valence-electron chi connectivity index (χ4n) is 2.19. The number of carbonyl (C=O) groups excluding carboxylic acids is 1. The summed E-state index contributed by atoms with van der Waals surface area (Å²) < 4.78 is 1.05. The molecule has 6 heteroatoms. The van der Waals surface area contributed by atoms with Crippen molar-refractivity contribution in [2.45, 2.75) is 6.61 Å². The lowest BCUT2D eigenvalue weighted by atomic mass is 10.2. The molecule has 0 saturated carbocycles. The molecule has 0 aliphatic rings. The first-order valence-electron chi connectivity index (χ1n) is 7.59. The maximum absolute atomic E-state index is 12.4. The Labute approximate surface area is 149 Å². The van der Waals surface area contributed by atoms with Crippen molar-refractivity contribution in [3.8, 4) is 0 Å². The van der Waals surface area contributed by atoms with E-state index in [1.165, 1.54) is 12.3 Å². The quantitative estimate of drug-likeness (QED) is 0.764. The second-order valence-corrected chi connectivity index (χ2v) is 5.71. The number of anilines is 1. The zero-order valence-corrected chi connectivity index (χ0v) is 13.9. The first-order valence-corrected chi connectivity index (χ1v) is 7.97. The van der Waals surface area contributed by atoms with E-state index in [9.17, 15) is 9.59 Å². The first kappa shape index (κ1) is 16.8. The molecule has 0 unspecified atom stereocenters. The van der Waals surface area contributed by atoms with Crippen molar-refractivity contribution in [1.29, 1.82) is 0 Å². The summed E-state index contributed by atoms with van der Waals surface area (Å²) >= 11 is 5.84. The molecular weight excluding hydrogens is 340 g/mol.